The molecule has 0 unspecified atom stereocenters. The molecule has 3 heterocycles. The molecule has 152 valence electrons. The maximum absolute atomic E-state index is 12.9. The second-order valence-electron chi connectivity index (χ2n) is 8.45. The van der Waals surface area contributed by atoms with Crippen molar-refractivity contribution in [3.63, 3.8) is 0 Å². The van der Waals surface area contributed by atoms with Crippen LogP contribution in [0.1, 0.15) is 25.0 Å². The third-order valence-electron chi connectivity index (χ3n) is 5.70. The van der Waals surface area contributed by atoms with Gasteiger partial charge in [0, 0.05) is 36.6 Å². The number of para-hydroxylation sites is 1. The Kier molecular flexibility index (Phi) is 4.46. The van der Waals surface area contributed by atoms with Gasteiger partial charge in [-0.25, -0.2) is 0 Å². The summed E-state index contributed by atoms with van der Waals surface area (Å²) >= 11 is 0. The van der Waals surface area contributed by atoms with Crippen LogP contribution in [0.2, 0.25) is 0 Å². The van der Waals surface area contributed by atoms with E-state index in [1.165, 1.54) is 5.56 Å². The van der Waals surface area contributed by atoms with Crippen LogP contribution in [0.4, 0.5) is 5.69 Å². The summed E-state index contributed by atoms with van der Waals surface area (Å²) in [6, 6.07) is 16.1. The van der Waals surface area contributed by atoms with Crippen molar-refractivity contribution in [2.75, 3.05) is 18.1 Å². The van der Waals surface area contributed by atoms with E-state index in [0.717, 1.165) is 41.0 Å². The molecule has 3 aromatic rings. The zero-order valence-electron chi connectivity index (χ0n) is 17.2. The van der Waals surface area contributed by atoms with Crippen molar-refractivity contribution in [2.24, 2.45) is 0 Å². The van der Waals surface area contributed by atoms with Crippen LogP contribution in [0.25, 0.3) is 11.1 Å². The van der Waals surface area contributed by atoms with Gasteiger partial charge in [-0.15, -0.1) is 0 Å². The number of hydrogen-bond acceptors (Lipinski definition) is 4. The predicted molar refractivity (Wildman–Crippen MR) is 116 cm³/mol. The molecule has 0 saturated heterocycles. The first-order chi connectivity index (χ1) is 14.5. The van der Waals surface area contributed by atoms with Crippen LogP contribution < -0.4 is 14.4 Å². The fraction of sp³-hybridized carbons (Fsp3) is 0.280. The summed E-state index contributed by atoms with van der Waals surface area (Å²) in [6.45, 7) is 4.78. The minimum atomic E-state index is -0.244. The van der Waals surface area contributed by atoms with Crippen molar-refractivity contribution in [1.82, 2.24) is 4.98 Å². The van der Waals surface area contributed by atoms with Gasteiger partial charge in [-0.1, -0.05) is 18.2 Å². The summed E-state index contributed by atoms with van der Waals surface area (Å²) < 4.78 is 11.9. The Morgan fingerprint density at radius 1 is 1.10 bits per heavy atom. The lowest BCUT2D eigenvalue weighted by Crippen LogP contribution is -2.33. The quantitative estimate of drug-likeness (QED) is 0.650. The molecule has 0 saturated carbocycles. The van der Waals surface area contributed by atoms with E-state index in [1.54, 1.807) is 12.4 Å². The highest BCUT2D eigenvalue weighted by Gasteiger charge is 2.33. The summed E-state index contributed by atoms with van der Waals surface area (Å²) in [6.07, 6.45) is 5.27. The number of pyridine rings is 1. The molecule has 0 aliphatic carbocycles. The molecule has 0 radical (unpaired) electrons. The fourth-order valence-corrected chi connectivity index (χ4v) is 4.30. The van der Waals surface area contributed by atoms with E-state index < -0.39 is 0 Å². The summed E-state index contributed by atoms with van der Waals surface area (Å²) in [7, 11) is 0. The van der Waals surface area contributed by atoms with Crippen LogP contribution in [-0.4, -0.2) is 29.6 Å². The molecule has 2 aliphatic rings. The van der Waals surface area contributed by atoms with Gasteiger partial charge in [-0.2, -0.15) is 0 Å². The molecule has 1 aromatic heterocycles. The highest BCUT2D eigenvalue weighted by atomic mass is 16.5. The van der Waals surface area contributed by atoms with Crippen molar-refractivity contribution in [3.05, 3.63) is 72.1 Å². The van der Waals surface area contributed by atoms with Gasteiger partial charge in [-0.3, -0.25) is 9.78 Å². The van der Waals surface area contributed by atoms with Crippen molar-refractivity contribution >= 4 is 11.6 Å². The van der Waals surface area contributed by atoms with Gasteiger partial charge < -0.3 is 14.4 Å². The zero-order valence-corrected chi connectivity index (χ0v) is 17.2. The summed E-state index contributed by atoms with van der Waals surface area (Å²) in [5.41, 5.74) is 5.30. The van der Waals surface area contributed by atoms with E-state index in [1.807, 2.05) is 35.2 Å². The second-order valence-corrected chi connectivity index (χ2v) is 8.45. The largest absolute Gasteiger partial charge is 0.483 e. The van der Waals surface area contributed by atoms with Crippen LogP contribution in [0.15, 0.2) is 60.9 Å². The molecule has 0 spiro atoms. The van der Waals surface area contributed by atoms with Crippen LogP contribution in [0, 0.1) is 0 Å². The second kappa shape index (κ2) is 7.17. The lowest BCUT2D eigenvalue weighted by atomic mass is 10.0. The zero-order chi connectivity index (χ0) is 20.7. The number of rotatable bonds is 4. The minimum Gasteiger partial charge on any atom is -0.483 e. The molecule has 0 atom stereocenters. The molecule has 30 heavy (non-hydrogen) atoms. The van der Waals surface area contributed by atoms with E-state index in [9.17, 15) is 4.79 Å². The number of carbonyl (C=O) groups excluding carboxylic acids is 1. The molecule has 5 nitrogen and oxygen atoms in total. The Hall–Kier alpha value is -3.34. The molecule has 1 amide bonds. The average molecular weight is 400 g/mol. The normalized spacial score (nSPS) is 16.0. The van der Waals surface area contributed by atoms with E-state index in [2.05, 4.69) is 37.0 Å². The third-order valence-corrected chi connectivity index (χ3v) is 5.70. The Labute approximate surface area is 176 Å². The molecule has 5 rings (SSSR count). The number of ether oxygens (including phenoxy) is 2. The highest BCUT2D eigenvalue weighted by Crippen LogP contribution is 2.42. The molecule has 5 heteroatoms. The number of fused-ring (bicyclic) bond motifs is 2. The molecular formula is C25H24N2O3. The first-order valence-electron chi connectivity index (χ1n) is 10.3. The number of aromatic nitrogens is 1. The maximum atomic E-state index is 12.9. The van der Waals surface area contributed by atoms with Gasteiger partial charge in [0.05, 0.1) is 0 Å². The van der Waals surface area contributed by atoms with Crippen LogP contribution in [0.5, 0.6) is 11.5 Å². The monoisotopic (exact) mass is 400 g/mol. The Balaban J connectivity index is 1.30. The van der Waals surface area contributed by atoms with Crippen molar-refractivity contribution in [3.8, 4) is 22.6 Å². The van der Waals surface area contributed by atoms with E-state index >= 15 is 0 Å². The molecule has 0 fully saturated rings. The molecule has 2 aromatic carbocycles. The van der Waals surface area contributed by atoms with Crippen LogP contribution in [0.3, 0.4) is 0 Å². The summed E-state index contributed by atoms with van der Waals surface area (Å²) in [5, 5.41) is 0. The highest BCUT2D eigenvalue weighted by molar-refractivity contribution is 5.97. The topological polar surface area (TPSA) is 51.7 Å². The molecular weight excluding hydrogens is 376 g/mol. The van der Waals surface area contributed by atoms with Gasteiger partial charge in [0.25, 0.3) is 5.91 Å². The lowest BCUT2D eigenvalue weighted by Gasteiger charge is -2.20. The number of amides is 1. The van der Waals surface area contributed by atoms with E-state index in [-0.39, 0.29) is 18.1 Å². The first-order valence-corrected chi connectivity index (χ1v) is 10.3. The van der Waals surface area contributed by atoms with Gasteiger partial charge in [-0.05, 0) is 67.3 Å². The van der Waals surface area contributed by atoms with E-state index in [4.69, 9.17) is 9.47 Å². The smallest absolute Gasteiger partial charge is 0.264 e. The van der Waals surface area contributed by atoms with Gasteiger partial charge in [0.2, 0.25) is 0 Å². The van der Waals surface area contributed by atoms with Crippen LogP contribution >= 0.6 is 0 Å². The molecule has 0 bridgehead atoms. The number of nitrogens with zero attached hydrogens (tertiary/aromatic N) is 2. The SMILES string of the molecule is CC1(C)Cc2cccc(OCC(=O)N3CCc4cc(-c5ccncc5)ccc43)c2O1. The standard InChI is InChI=1S/C25H24N2O3/c1-25(2)15-20-4-3-5-22(24(20)30-25)29-16-23(28)27-13-10-19-14-18(6-7-21(19)27)17-8-11-26-12-9-17/h3-9,11-12,14H,10,13,15-16H2,1-2H3. The lowest BCUT2D eigenvalue weighted by molar-refractivity contribution is -0.120. The third kappa shape index (κ3) is 3.41. The molecule has 0 N–H and O–H groups in total. The summed E-state index contributed by atoms with van der Waals surface area (Å²) in [5.74, 6) is 1.36. The number of anilines is 1. The number of benzene rings is 2. The van der Waals surface area contributed by atoms with Crippen LogP contribution in [-0.2, 0) is 17.6 Å². The predicted octanol–water partition coefficient (Wildman–Crippen LogP) is 4.43. The maximum Gasteiger partial charge on any atom is 0.264 e. The number of carbonyl (C=O) groups is 1. The number of hydrogen-bond donors (Lipinski definition) is 0. The van der Waals surface area contributed by atoms with Crippen molar-refractivity contribution in [1.29, 1.82) is 0 Å². The molecule has 2 aliphatic heterocycles. The Morgan fingerprint density at radius 3 is 2.77 bits per heavy atom. The van der Waals surface area contributed by atoms with Gasteiger partial charge in [0.1, 0.15) is 5.60 Å². The summed E-state index contributed by atoms with van der Waals surface area (Å²) in [4.78, 5) is 18.8. The minimum absolute atomic E-state index is 0.00815. The van der Waals surface area contributed by atoms with Crippen molar-refractivity contribution in [2.45, 2.75) is 32.3 Å². The van der Waals surface area contributed by atoms with E-state index in [0.29, 0.717) is 12.3 Å². The van der Waals surface area contributed by atoms with Gasteiger partial charge >= 0.3 is 0 Å². The fourth-order valence-electron chi connectivity index (χ4n) is 4.30. The van der Waals surface area contributed by atoms with Gasteiger partial charge in [0.15, 0.2) is 18.1 Å². The van der Waals surface area contributed by atoms with Crippen molar-refractivity contribution < 1.29 is 14.3 Å². The first kappa shape index (κ1) is 18.7. The average Bonchev–Trinajstić information content (AvgIpc) is 3.31. The Bertz CT molecular complexity index is 1110. The Morgan fingerprint density at radius 2 is 1.93 bits per heavy atom.